The van der Waals surface area contributed by atoms with Crippen LogP contribution in [0.4, 0.5) is 10.5 Å². The van der Waals surface area contributed by atoms with Gasteiger partial charge in [-0.15, -0.1) is 0 Å². The fraction of sp³-hybridized carbons (Fsp3) is 0.357. The number of aliphatic hydroxyl groups is 2. The number of nitrogens with zero attached hydrogens (tertiary/aromatic N) is 2. The van der Waals surface area contributed by atoms with Gasteiger partial charge in [-0.25, -0.2) is 9.69 Å². The largest absolute Gasteiger partial charge is 0.445 e. The van der Waals surface area contributed by atoms with Crippen molar-refractivity contribution in [3.05, 3.63) is 136 Å². The maximum Gasteiger partial charge on any atom is 0.408 e. The van der Waals surface area contributed by atoms with E-state index in [0.29, 0.717) is 48.7 Å². The van der Waals surface area contributed by atoms with Crippen LogP contribution in [0, 0.1) is 5.92 Å². The van der Waals surface area contributed by atoms with E-state index in [9.17, 15) is 24.6 Å². The van der Waals surface area contributed by atoms with Gasteiger partial charge in [0.15, 0.2) is 6.29 Å². The molecule has 11 nitrogen and oxygen atoms in total. The van der Waals surface area contributed by atoms with Crippen molar-refractivity contribution in [3.8, 4) is 0 Å². The summed E-state index contributed by atoms with van der Waals surface area (Å²) in [6, 6.07) is 30.1. The van der Waals surface area contributed by atoms with E-state index < -0.39 is 35.8 Å². The second kappa shape index (κ2) is 16.4. The molecule has 3 fully saturated rings. The van der Waals surface area contributed by atoms with Crippen LogP contribution in [0.15, 0.2) is 103 Å². The number of imide groups is 1. The molecule has 4 aromatic rings. The highest BCUT2D eigenvalue weighted by Gasteiger charge is 2.43. The number of piperidine rings is 1. The van der Waals surface area contributed by atoms with Crippen molar-refractivity contribution in [3.63, 3.8) is 0 Å². The van der Waals surface area contributed by atoms with Crippen LogP contribution < -0.4 is 10.2 Å². The number of hydrogen-bond acceptors (Lipinski definition) is 9. The number of hydrogen-bond donors (Lipinski definition) is 3. The van der Waals surface area contributed by atoms with Crippen molar-refractivity contribution in [1.29, 1.82) is 0 Å². The molecule has 54 heavy (non-hydrogen) atoms. The SMILES string of the molecule is C[C@H]1[C@@H](CN2CCC(O)(c3ccc(Cl)cc3)CC2)O[C@@H](c2ccc(N3C(=O)CC(NC(=O)OCc4ccccc4)C3=O)cc2)O[C@H]1c1ccc(CO)cc1. The summed E-state index contributed by atoms with van der Waals surface area (Å²) in [6.45, 7) is 4.07. The summed E-state index contributed by atoms with van der Waals surface area (Å²) in [5.41, 5.74) is 3.58. The zero-order valence-corrected chi connectivity index (χ0v) is 30.7. The molecule has 1 unspecified atom stereocenters. The smallest absolute Gasteiger partial charge is 0.408 e. The maximum absolute atomic E-state index is 13.3. The molecule has 0 radical (unpaired) electrons. The topological polar surface area (TPSA) is 138 Å². The van der Waals surface area contributed by atoms with Gasteiger partial charge >= 0.3 is 6.09 Å². The molecule has 0 aromatic heterocycles. The summed E-state index contributed by atoms with van der Waals surface area (Å²) in [5, 5.41) is 24.3. The fourth-order valence-electron chi connectivity index (χ4n) is 7.44. The van der Waals surface area contributed by atoms with Crippen molar-refractivity contribution in [2.45, 2.75) is 69.5 Å². The van der Waals surface area contributed by atoms with Crippen LogP contribution in [0.5, 0.6) is 0 Å². The zero-order chi connectivity index (χ0) is 37.8. The van der Waals surface area contributed by atoms with E-state index in [-0.39, 0.29) is 37.8 Å². The quantitative estimate of drug-likeness (QED) is 0.163. The number of halogens is 1. The molecule has 3 saturated heterocycles. The number of nitrogens with one attached hydrogen (secondary N) is 1. The molecule has 3 heterocycles. The first-order valence-electron chi connectivity index (χ1n) is 18.3. The molecular formula is C42H44ClN3O8. The first kappa shape index (κ1) is 37.7. The Balaban J connectivity index is 1.03. The fourth-order valence-corrected chi connectivity index (χ4v) is 7.57. The normalized spacial score (nSPS) is 24.4. The van der Waals surface area contributed by atoms with Gasteiger partial charge in [-0.2, -0.15) is 0 Å². The molecule has 3 N–H and O–H groups in total. The Morgan fingerprint density at radius 1 is 0.889 bits per heavy atom. The van der Waals surface area contributed by atoms with Crippen molar-refractivity contribution in [2.75, 3.05) is 24.5 Å². The van der Waals surface area contributed by atoms with Crippen LogP contribution in [0.1, 0.15) is 66.4 Å². The van der Waals surface area contributed by atoms with Crippen molar-refractivity contribution < 1.29 is 38.8 Å². The lowest BCUT2D eigenvalue weighted by Gasteiger charge is -2.45. The number of ether oxygens (including phenoxy) is 3. The first-order valence-corrected chi connectivity index (χ1v) is 18.6. The van der Waals surface area contributed by atoms with Crippen LogP contribution in [0.2, 0.25) is 5.02 Å². The standard InChI is InChI=1S/C42H44ClN3O8/c1-27-36(24-45-21-19-42(51,20-22-45)32-13-15-33(43)16-14-32)53-40(54-38(27)30-9-7-28(25-47)8-10-30)31-11-17-34(18-12-31)46-37(48)23-35(39(46)49)44-41(50)52-26-29-5-3-2-4-6-29/h2-18,27,35-36,38,40,47,51H,19-26H2,1H3,(H,44,50)/t27-,35?,36+,38+,40+/m0/s1. The number of likely N-dealkylation sites (tertiary alicyclic amines) is 1. The lowest BCUT2D eigenvalue weighted by Crippen LogP contribution is -2.49. The maximum atomic E-state index is 13.3. The Morgan fingerprint density at radius 3 is 2.22 bits per heavy atom. The Labute approximate surface area is 319 Å². The highest BCUT2D eigenvalue weighted by molar-refractivity contribution is 6.30. The Hall–Kier alpha value is -4.62. The van der Waals surface area contributed by atoms with E-state index in [1.807, 2.05) is 66.7 Å². The molecule has 5 atom stereocenters. The highest BCUT2D eigenvalue weighted by atomic mass is 35.5. The second-order valence-electron chi connectivity index (χ2n) is 14.3. The number of rotatable bonds is 10. The summed E-state index contributed by atoms with van der Waals surface area (Å²) < 4.78 is 18.5. The van der Waals surface area contributed by atoms with Gasteiger partial charge in [-0.1, -0.05) is 97.4 Å². The summed E-state index contributed by atoms with van der Waals surface area (Å²) in [4.78, 5) is 42.2. The van der Waals surface area contributed by atoms with Crippen molar-refractivity contribution >= 4 is 35.2 Å². The molecule has 3 aliphatic rings. The number of carbonyl (C=O) groups is 3. The van der Waals surface area contributed by atoms with Gasteiger partial charge in [0.1, 0.15) is 12.6 Å². The van der Waals surface area contributed by atoms with E-state index in [1.54, 1.807) is 36.4 Å². The van der Waals surface area contributed by atoms with Crippen LogP contribution in [0.3, 0.4) is 0 Å². The van der Waals surface area contributed by atoms with E-state index >= 15 is 0 Å². The van der Waals surface area contributed by atoms with Crippen molar-refractivity contribution in [1.82, 2.24) is 10.2 Å². The molecule has 282 valence electrons. The number of carbonyl (C=O) groups excluding carboxylic acids is 3. The third-order valence-electron chi connectivity index (χ3n) is 10.7. The van der Waals surface area contributed by atoms with Gasteiger partial charge in [-0.05, 0) is 59.4 Å². The molecule has 0 bridgehead atoms. The van der Waals surface area contributed by atoms with Gasteiger partial charge < -0.3 is 34.6 Å². The molecule has 0 spiro atoms. The Morgan fingerprint density at radius 2 is 1.56 bits per heavy atom. The van der Waals surface area contributed by atoms with E-state index in [2.05, 4.69) is 17.1 Å². The van der Waals surface area contributed by atoms with Crippen LogP contribution in [-0.4, -0.2) is 64.8 Å². The highest BCUT2D eigenvalue weighted by Crippen LogP contribution is 2.43. The lowest BCUT2D eigenvalue weighted by atomic mass is 9.84. The minimum absolute atomic E-state index is 0.0399. The van der Waals surface area contributed by atoms with Gasteiger partial charge in [0, 0.05) is 36.1 Å². The van der Waals surface area contributed by atoms with Gasteiger partial charge in [0.25, 0.3) is 5.91 Å². The average molecular weight is 754 g/mol. The zero-order valence-electron chi connectivity index (χ0n) is 30.0. The number of amides is 3. The summed E-state index contributed by atoms with van der Waals surface area (Å²) in [5.74, 6) is -1.02. The molecule has 0 aliphatic carbocycles. The summed E-state index contributed by atoms with van der Waals surface area (Å²) >= 11 is 6.09. The molecule has 12 heteroatoms. The second-order valence-corrected chi connectivity index (χ2v) is 14.7. The Kier molecular flexibility index (Phi) is 11.4. The summed E-state index contributed by atoms with van der Waals surface area (Å²) in [7, 11) is 0. The van der Waals surface area contributed by atoms with Crippen LogP contribution in [0.25, 0.3) is 0 Å². The lowest BCUT2D eigenvalue weighted by molar-refractivity contribution is -0.277. The van der Waals surface area contributed by atoms with E-state index in [4.69, 9.17) is 25.8 Å². The molecule has 4 aromatic carbocycles. The number of alkyl carbamates (subject to hydrolysis) is 1. The third-order valence-corrected chi connectivity index (χ3v) is 11.0. The first-order chi connectivity index (χ1) is 26.1. The van der Waals surface area contributed by atoms with Crippen LogP contribution >= 0.6 is 11.6 Å². The summed E-state index contributed by atoms with van der Waals surface area (Å²) in [6.07, 6.45) is -1.13. The van der Waals surface area contributed by atoms with Gasteiger partial charge in [-0.3, -0.25) is 9.59 Å². The van der Waals surface area contributed by atoms with Gasteiger partial charge in [0.2, 0.25) is 5.91 Å². The van der Waals surface area contributed by atoms with Crippen molar-refractivity contribution in [2.24, 2.45) is 5.92 Å². The predicted octanol–water partition coefficient (Wildman–Crippen LogP) is 6.17. The number of anilines is 1. The molecule has 3 amide bonds. The predicted molar refractivity (Wildman–Crippen MR) is 201 cm³/mol. The molecule has 3 aliphatic heterocycles. The van der Waals surface area contributed by atoms with Crippen LogP contribution in [-0.2, 0) is 42.6 Å². The number of aliphatic hydroxyl groups excluding tert-OH is 1. The average Bonchev–Trinajstić information content (AvgIpc) is 3.47. The molecular weight excluding hydrogens is 710 g/mol. The van der Waals surface area contributed by atoms with E-state index in [1.165, 1.54) is 0 Å². The molecule has 0 saturated carbocycles. The third kappa shape index (κ3) is 8.37. The minimum atomic E-state index is -1.04. The van der Waals surface area contributed by atoms with Gasteiger partial charge in [0.05, 0.1) is 36.5 Å². The Bertz CT molecular complexity index is 1920. The minimum Gasteiger partial charge on any atom is -0.445 e. The van der Waals surface area contributed by atoms with E-state index in [0.717, 1.165) is 27.2 Å². The molecule has 7 rings (SSSR count). The monoisotopic (exact) mass is 753 g/mol. The number of benzene rings is 4.